The van der Waals surface area contributed by atoms with Gasteiger partial charge in [0.25, 0.3) is 0 Å². The van der Waals surface area contributed by atoms with Crippen molar-refractivity contribution in [2.24, 2.45) is 11.8 Å². The van der Waals surface area contributed by atoms with Gasteiger partial charge in [-0.1, -0.05) is 91.0 Å². The third kappa shape index (κ3) is 5.56. The van der Waals surface area contributed by atoms with Crippen LogP contribution >= 0.6 is 0 Å². The first-order chi connectivity index (χ1) is 22.4. The largest absolute Gasteiger partial charge is 0.394 e. The molecule has 6 atom stereocenters. The van der Waals surface area contributed by atoms with Crippen LogP contribution in [0.1, 0.15) is 24.0 Å². The Balaban J connectivity index is 1.42. The van der Waals surface area contributed by atoms with Crippen LogP contribution in [0.2, 0.25) is 0 Å². The number of benzene rings is 3. The number of nitrogens with zero attached hydrogens (tertiary/aromatic N) is 3. The Bertz CT molecular complexity index is 1560. The van der Waals surface area contributed by atoms with Crippen LogP contribution in [0, 0.1) is 11.8 Å². The minimum absolute atomic E-state index is 0.222. The second kappa shape index (κ2) is 13.4. The number of anilines is 1. The van der Waals surface area contributed by atoms with E-state index in [0.29, 0.717) is 31.5 Å². The highest BCUT2D eigenvalue weighted by Gasteiger charge is 2.75. The zero-order chi connectivity index (χ0) is 32.3. The Morgan fingerprint density at radius 1 is 0.913 bits per heavy atom. The average Bonchev–Trinajstić information content (AvgIpc) is 3.74. The number of aliphatic hydroxyl groups excluding tert-OH is 1. The van der Waals surface area contributed by atoms with Gasteiger partial charge in [0.2, 0.25) is 17.7 Å². The summed E-state index contributed by atoms with van der Waals surface area (Å²) in [6.45, 7) is 8.28. The first-order valence-electron chi connectivity index (χ1n) is 16.0. The van der Waals surface area contributed by atoms with Gasteiger partial charge in [0.1, 0.15) is 11.6 Å². The second-order valence-corrected chi connectivity index (χ2v) is 12.4. The van der Waals surface area contributed by atoms with Crippen molar-refractivity contribution >= 4 is 23.4 Å². The van der Waals surface area contributed by atoms with E-state index in [2.05, 4.69) is 13.2 Å². The molecule has 8 heteroatoms. The lowest BCUT2D eigenvalue weighted by atomic mass is 9.70. The molecule has 0 aromatic heterocycles. The molecule has 3 aliphatic heterocycles. The number of likely N-dealkylation sites (tertiary alicyclic amines) is 1. The molecule has 3 amide bonds. The predicted octanol–water partition coefficient (Wildman–Crippen LogP) is 4.40. The topological polar surface area (TPSA) is 90.4 Å². The summed E-state index contributed by atoms with van der Waals surface area (Å²) in [5.41, 5.74) is 1.38. The van der Waals surface area contributed by atoms with Crippen molar-refractivity contribution in [2.45, 2.75) is 49.6 Å². The van der Waals surface area contributed by atoms with E-state index in [-0.39, 0.29) is 37.4 Å². The minimum atomic E-state index is -1.20. The Labute approximate surface area is 270 Å². The van der Waals surface area contributed by atoms with Crippen LogP contribution in [0.25, 0.3) is 0 Å². The van der Waals surface area contributed by atoms with E-state index in [4.69, 9.17) is 4.74 Å². The van der Waals surface area contributed by atoms with E-state index < -0.39 is 35.6 Å². The summed E-state index contributed by atoms with van der Waals surface area (Å²) in [5.74, 6) is -2.46. The summed E-state index contributed by atoms with van der Waals surface area (Å²) in [6.07, 6.45) is 4.22. The standard InChI is InChI=1S/C38H41N3O5/c1-3-22-39(25-28-16-10-6-11-17-28)37(45)34-38-21-20-31(46-38)32(35(43)40(23-4-2)29-18-12-7-13-19-29)33(38)36(44)41(34)30(26-42)24-27-14-8-5-9-15-27/h3-19,30-34,42H,1-2,20-26H2/t30-,31+,32-,33+,34?,38?/m1/s1. The van der Waals surface area contributed by atoms with Crippen molar-refractivity contribution in [1.82, 2.24) is 9.80 Å². The molecule has 1 spiro atoms. The van der Waals surface area contributed by atoms with Gasteiger partial charge in [-0.15, -0.1) is 13.2 Å². The second-order valence-electron chi connectivity index (χ2n) is 12.4. The van der Waals surface area contributed by atoms with Crippen LogP contribution < -0.4 is 4.90 Å². The molecule has 2 bridgehead atoms. The summed E-state index contributed by atoms with van der Waals surface area (Å²) in [6, 6.07) is 26.9. The van der Waals surface area contributed by atoms with Crippen molar-refractivity contribution in [3.05, 3.63) is 127 Å². The Morgan fingerprint density at radius 3 is 2.13 bits per heavy atom. The van der Waals surface area contributed by atoms with Gasteiger partial charge in [-0.25, -0.2) is 0 Å². The molecule has 6 rings (SSSR count). The maximum absolute atomic E-state index is 14.8. The van der Waals surface area contributed by atoms with Gasteiger partial charge in [-0.2, -0.15) is 0 Å². The Morgan fingerprint density at radius 2 is 1.52 bits per heavy atom. The van der Waals surface area contributed by atoms with Crippen molar-refractivity contribution in [1.29, 1.82) is 0 Å². The zero-order valence-electron chi connectivity index (χ0n) is 26.0. The van der Waals surface area contributed by atoms with Crippen molar-refractivity contribution in [3.63, 3.8) is 0 Å². The predicted molar refractivity (Wildman–Crippen MR) is 177 cm³/mol. The molecule has 8 nitrogen and oxygen atoms in total. The molecule has 3 aliphatic rings. The highest BCUT2D eigenvalue weighted by atomic mass is 16.5. The number of para-hydroxylation sites is 1. The number of amides is 3. The molecule has 3 heterocycles. The zero-order valence-corrected chi connectivity index (χ0v) is 26.0. The quantitative estimate of drug-likeness (QED) is 0.287. The monoisotopic (exact) mass is 619 g/mol. The molecule has 2 unspecified atom stereocenters. The molecule has 1 N–H and O–H groups in total. The smallest absolute Gasteiger partial charge is 0.249 e. The highest BCUT2D eigenvalue weighted by molar-refractivity contribution is 6.03. The number of rotatable bonds is 13. The molecule has 0 aliphatic carbocycles. The molecule has 46 heavy (non-hydrogen) atoms. The van der Waals surface area contributed by atoms with Crippen molar-refractivity contribution in [2.75, 3.05) is 24.6 Å². The van der Waals surface area contributed by atoms with Crippen LogP contribution in [0.4, 0.5) is 5.69 Å². The van der Waals surface area contributed by atoms with Crippen LogP contribution in [-0.2, 0) is 32.1 Å². The van der Waals surface area contributed by atoms with E-state index >= 15 is 0 Å². The van der Waals surface area contributed by atoms with E-state index in [1.165, 1.54) is 0 Å². The van der Waals surface area contributed by atoms with Gasteiger partial charge >= 0.3 is 0 Å². The molecule has 3 saturated heterocycles. The highest BCUT2D eigenvalue weighted by Crippen LogP contribution is 2.59. The summed E-state index contributed by atoms with van der Waals surface area (Å²) in [7, 11) is 0. The summed E-state index contributed by atoms with van der Waals surface area (Å²) in [4.78, 5) is 49.0. The maximum atomic E-state index is 14.8. The molecule has 0 radical (unpaired) electrons. The number of hydrogen-bond acceptors (Lipinski definition) is 5. The fraction of sp³-hybridized carbons (Fsp3) is 0.342. The van der Waals surface area contributed by atoms with E-state index in [1.807, 2.05) is 91.0 Å². The molecular weight excluding hydrogens is 578 g/mol. The third-order valence-corrected chi connectivity index (χ3v) is 9.70. The average molecular weight is 620 g/mol. The lowest BCUT2D eigenvalue weighted by molar-refractivity contribution is -0.151. The summed E-state index contributed by atoms with van der Waals surface area (Å²) < 4.78 is 6.75. The maximum Gasteiger partial charge on any atom is 0.249 e. The lowest BCUT2D eigenvalue weighted by Gasteiger charge is -2.39. The van der Waals surface area contributed by atoms with Gasteiger partial charge < -0.3 is 24.5 Å². The third-order valence-electron chi connectivity index (χ3n) is 9.70. The number of ether oxygens (including phenoxy) is 1. The van der Waals surface area contributed by atoms with E-state index in [9.17, 15) is 19.5 Å². The van der Waals surface area contributed by atoms with Crippen LogP contribution in [0.3, 0.4) is 0 Å². The molecule has 3 fully saturated rings. The first-order valence-corrected chi connectivity index (χ1v) is 16.0. The normalized spacial score (nSPS) is 25.2. The molecule has 238 valence electrons. The molecule has 0 saturated carbocycles. The summed E-state index contributed by atoms with van der Waals surface area (Å²) >= 11 is 0. The van der Waals surface area contributed by atoms with Crippen LogP contribution in [0.5, 0.6) is 0 Å². The van der Waals surface area contributed by atoms with Crippen LogP contribution in [0.15, 0.2) is 116 Å². The van der Waals surface area contributed by atoms with Crippen LogP contribution in [-0.4, -0.2) is 76.1 Å². The number of hydrogen-bond donors (Lipinski definition) is 1. The fourth-order valence-corrected chi connectivity index (χ4v) is 7.79. The van der Waals surface area contributed by atoms with Gasteiger partial charge in [0, 0.05) is 25.3 Å². The number of fused-ring (bicyclic) bond motifs is 1. The van der Waals surface area contributed by atoms with Gasteiger partial charge in [0.15, 0.2) is 0 Å². The van der Waals surface area contributed by atoms with Crippen molar-refractivity contribution in [3.8, 4) is 0 Å². The molecule has 3 aromatic rings. The number of aliphatic hydroxyl groups is 1. The van der Waals surface area contributed by atoms with Crippen molar-refractivity contribution < 1.29 is 24.2 Å². The van der Waals surface area contributed by atoms with Gasteiger partial charge in [0.05, 0.1) is 30.6 Å². The van der Waals surface area contributed by atoms with E-state index in [1.54, 1.807) is 26.9 Å². The number of carbonyl (C=O) groups excluding carboxylic acids is 3. The minimum Gasteiger partial charge on any atom is -0.394 e. The Hall–Kier alpha value is -4.53. The Kier molecular flexibility index (Phi) is 9.20. The summed E-state index contributed by atoms with van der Waals surface area (Å²) in [5, 5.41) is 10.8. The fourth-order valence-electron chi connectivity index (χ4n) is 7.79. The van der Waals surface area contributed by atoms with Gasteiger partial charge in [-0.3, -0.25) is 14.4 Å². The van der Waals surface area contributed by atoms with E-state index in [0.717, 1.165) is 11.1 Å². The number of carbonyl (C=O) groups is 3. The molecular formula is C38H41N3O5. The first kappa shape index (κ1) is 31.5. The molecule has 3 aromatic carbocycles. The lowest BCUT2D eigenvalue weighted by Crippen LogP contribution is -2.59. The SMILES string of the molecule is C=CCN(Cc1ccccc1)C(=O)C1N([C@@H](CO)Cc2ccccc2)C(=O)[C@@H]2[C@H](C(=O)N(CC=C)c3ccccc3)[C@@H]3CCC12O3. The van der Waals surface area contributed by atoms with Gasteiger partial charge in [-0.05, 0) is 42.5 Å².